The minimum atomic E-state index is -1.65. The SMILES string of the molecule is CN1CC[C@@](O)(C#Cc2cccc(-c3nc(N)c4c(-c5cnn(C)c5)cncc4n3)c2)C1=O. The monoisotopic (exact) mass is 439 g/mol. The van der Waals surface area contributed by atoms with E-state index >= 15 is 0 Å². The van der Waals surface area contributed by atoms with Crippen LogP contribution in [0.15, 0.2) is 49.1 Å². The van der Waals surface area contributed by atoms with E-state index in [-0.39, 0.29) is 12.3 Å². The molecule has 0 saturated carbocycles. The number of amides is 1. The van der Waals surface area contributed by atoms with Gasteiger partial charge in [-0.1, -0.05) is 24.0 Å². The summed E-state index contributed by atoms with van der Waals surface area (Å²) < 4.78 is 1.71. The summed E-state index contributed by atoms with van der Waals surface area (Å²) in [6.07, 6.45) is 7.28. The summed E-state index contributed by atoms with van der Waals surface area (Å²) in [7, 11) is 3.49. The number of nitrogens with two attached hydrogens (primary N) is 1. The molecule has 3 aromatic heterocycles. The van der Waals surface area contributed by atoms with Crippen molar-refractivity contribution in [1.82, 2.24) is 29.6 Å². The van der Waals surface area contributed by atoms with Gasteiger partial charge in [0, 0.05) is 61.7 Å². The van der Waals surface area contributed by atoms with E-state index in [1.807, 2.05) is 25.4 Å². The van der Waals surface area contributed by atoms with Gasteiger partial charge in [-0.3, -0.25) is 14.5 Å². The molecule has 5 rings (SSSR count). The smallest absolute Gasteiger partial charge is 0.267 e. The summed E-state index contributed by atoms with van der Waals surface area (Å²) in [5, 5.41) is 15.5. The van der Waals surface area contributed by atoms with Gasteiger partial charge in [0.15, 0.2) is 5.82 Å². The van der Waals surface area contributed by atoms with E-state index in [0.29, 0.717) is 40.2 Å². The maximum Gasteiger partial charge on any atom is 0.267 e. The summed E-state index contributed by atoms with van der Waals surface area (Å²) in [5.74, 6) is 6.04. The standard InChI is InChI=1S/C24H21N7O2/c1-30-9-8-24(33,23(30)32)7-6-15-4-3-5-16(10-15)22-28-19-13-26-12-18(20(19)21(25)29-22)17-11-27-31(2)14-17/h3-5,10-14,33H,8-9H2,1-2H3,(H2,25,28,29)/t24-/m0/s1. The fourth-order valence-corrected chi connectivity index (χ4v) is 3.90. The van der Waals surface area contributed by atoms with E-state index in [2.05, 4.69) is 31.9 Å². The van der Waals surface area contributed by atoms with Gasteiger partial charge in [-0.15, -0.1) is 0 Å². The zero-order valence-corrected chi connectivity index (χ0v) is 18.1. The van der Waals surface area contributed by atoms with Crippen LogP contribution in [0.5, 0.6) is 0 Å². The number of carbonyl (C=O) groups excluding carboxylic acids is 1. The number of nitrogens with zero attached hydrogens (tertiary/aromatic N) is 6. The maximum absolute atomic E-state index is 12.2. The Morgan fingerprint density at radius 2 is 2.00 bits per heavy atom. The Morgan fingerprint density at radius 3 is 2.73 bits per heavy atom. The number of likely N-dealkylation sites (N-methyl/N-ethyl adjacent to an activating group) is 1. The number of anilines is 1. The highest BCUT2D eigenvalue weighted by atomic mass is 16.3. The Bertz CT molecular complexity index is 1470. The number of fused-ring (bicyclic) bond motifs is 1. The quantitative estimate of drug-likeness (QED) is 0.455. The van der Waals surface area contributed by atoms with Crippen LogP contribution in [0.1, 0.15) is 12.0 Å². The van der Waals surface area contributed by atoms with Gasteiger partial charge in [0.2, 0.25) is 5.60 Å². The van der Waals surface area contributed by atoms with Crippen molar-refractivity contribution in [3.05, 3.63) is 54.6 Å². The van der Waals surface area contributed by atoms with Crippen molar-refractivity contribution in [2.45, 2.75) is 12.0 Å². The molecule has 9 nitrogen and oxygen atoms in total. The molecule has 0 aliphatic carbocycles. The second kappa shape index (κ2) is 7.69. The number of benzene rings is 1. The second-order valence-corrected chi connectivity index (χ2v) is 8.08. The van der Waals surface area contributed by atoms with Crippen molar-refractivity contribution in [2.24, 2.45) is 7.05 Å². The molecule has 1 aliphatic heterocycles. The highest BCUT2D eigenvalue weighted by Gasteiger charge is 2.42. The Kier molecular flexibility index (Phi) is 4.80. The van der Waals surface area contributed by atoms with Crippen LogP contribution in [0.25, 0.3) is 33.4 Å². The molecular weight excluding hydrogens is 418 g/mol. The summed E-state index contributed by atoms with van der Waals surface area (Å²) in [6.45, 7) is 0.476. The summed E-state index contributed by atoms with van der Waals surface area (Å²) in [5.41, 5.74) is 8.35. The number of rotatable bonds is 2. The molecule has 4 aromatic rings. The minimum absolute atomic E-state index is 0.283. The van der Waals surface area contributed by atoms with Crippen molar-refractivity contribution in [2.75, 3.05) is 19.3 Å². The van der Waals surface area contributed by atoms with Gasteiger partial charge >= 0.3 is 0 Å². The van der Waals surface area contributed by atoms with Crippen LogP contribution in [0.4, 0.5) is 5.82 Å². The van der Waals surface area contributed by atoms with E-state index in [1.54, 1.807) is 42.5 Å². The first-order valence-electron chi connectivity index (χ1n) is 10.4. The highest BCUT2D eigenvalue weighted by molar-refractivity contribution is 6.01. The van der Waals surface area contributed by atoms with Crippen LogP contribution >= 0.6 is 0 Å². The first-order valence-corrected chi connectivity index (χ1v) is 10.4. The van der Waals surface area contributed by atoms with Crippen molar-refractivity contribution in [3.63, 3.8) is 0 Å². The molecule has 0 unspecified atom stereocenters. The zero-order chi connectivity index (χ0) is 23.2. The molecule has 1 atom stereocenters. The lowest BCUT2D eigenvalue weighted by Gasteiger charge is -2.13. The Labute approximate surface area is 189 Å². The molecular formula is C24H21N7O2. The summed E-state index contributed by atoms with van der Waals surface area (Å²) >= 11 is 0. The van der Waals surface area contributed by atoms with Crippen molar-refractivity contribution in [1.29, 1.82) is 0 Å². The predicted octanol–water partition coefficient (Wildman–Crippen LogP) is 1.62. The minimum Gasteiger partial charge on any atom is -0.383 e. The lowest BCUT2D eigenvalue weighted by molar-refractivity contribution is -0.137. The molecule has 0 bridgehead atoms. The third-order valence-corrected chi connectivity index (χ3v) is 5.69. The number of hydrogen-bond donors (Lipinski definition) is 2. The summed E-state index contributed by atoms with van der Waals surface area (Å²) in [4.78, 5) is 27.2. The lowest BCUT2D eigenvalue weighted by Crippen LogP contribution is -2.37. The number of hydrogen-bond acceptors (Lipinski definition) is 7. The average molecular weight is 439 g/mol. The number of carbonyl (C=O) groups is 1. The van der Waals surface area contributed by atoms with Crippen LogP contribution in [0.3, 0.4) is 0 Å². The van der Waals surface area contributed by atoms with Crippen molar-refractivity contribution >= 4 is 22.6 Å². The Balaban J connectivity index is 1.53. The third kappa shape index (κ3) is 3.66. The second-order valence-electron chi connectivity index (χ2n) is 8.08. The molecule has 1 aliphatic rings. The van der Waals surface area contributed by atoms with Gasteiger partial charge in [0.25, 0.3) is 5.91 Å². The average Bonchev–Trinajstić information content (AvgIpc) is 3.36. The Morgan fingerprint density at radius 1 is 1.15 bits per heavy atom. The number of pyridine rings is 1. The summed E-state index contributed by atoms with van der Waals surface area (Å²) in [6, 6.07) is 7.28. The van der Waals surface area contributed by atoms with Gasteiger partial charge in [-0.2, -0.15) is 5.10 Å². The number of likely N-dealkylation sites (tertiary alicyclic amines) is 1. The maximum atomic E-state index is 12.2. The van der Waals surface area contributed by atoms with E-state index < -0.39 is 5.60 Å². The fraction of sp³-hybridized carbons (Fsp3) is 0.208. The molecule has 3 N–H and O–H groups in total. The van der Waals surface area contributed by atoms with Crippen LogP contribution in [-0.4, -0.2) is 59.8 Å². The van der Waals surface area contributed by atoms with Gasteiger partial charge in [0.1, 0.15) is 5.82 Å². The highest BCUT2D eigenvalue weighted by Crippen LogP contribution is 2.31. The molecule has 1 fully saturated rings. The van der Waals surface area contributed by atoms with Gasteiger partial charge < -0.3 is 15.7 Å². The molecule has 1 aromatic carbocycles. The largest absolute Gasteiger partial charge is 0.383 e. The third-order valence-electron chi connectivity index (χ3n) is 5.69. The normalized spacial score (nSPS) is 17.9. The van der Waals surface area contributed by atoms with Crippen LogP contribution < -0.4 is 5.73 Å². The van der Waals surface area contributed by atoms with Gasteiger partial charge in [-0.05, 0) is 12.1 Å². The van der Waals surface area contributed by atoms with Gasteiger partial charge in [0.05, 0.1) is 23.3 Å². The zero-order valence-electron chi connectivity index (χ0n) is 18.1. The number of aryl methyl sites for hydroxylation is 1. The first kappa shape index (κ1) is 20.6. The van der Waals surface area contributed by atoms with E-state index in [1.165, 1.54) is 4.90 Å². The topological polar surface area (TPSA) is 123 Å². The number of aromatic nitrogens is 5. The van der Waals surface area contributed by atoms with Crippen LogP contribution in [-0.2, 0) is 11.8 Å². The molecule has 1 amide bonds. The lowest BCUT2D eigenvalue weighted by atomic mass is 10.0. The predicted molar refractivity (Wildman–Crippen MR) is 123 cm³/mol. The molecule has 9 heteroatoms. The molecule has 0 radical (unpaired) electrons. The first-order chi connectivity index (χ1) is 15.8. The molecule has 1 saturated heterocycles. The number of nitrogen functional groups attached to an aromatic ring is 1. The van der Waals surface area contributed by atoms with E-state index in [4.69, 9.17) is 5.73 Å². The van der Waals surface area contributed by atoms with E-state index in [9.17, 15) is 9.90 Å². The molecule has 164 valence electrons. The molecule has 33 heavy (non-hydrogen) atoms. The molecule has 4 heterocycles. The van der Waals surface area contributed by atoms with Crippen molar-refractivity contribution < 1.29 is 9.90 Å². The molecule has 0 spiro atoms. The van der Waals surface area contributed by atoms with Crippen LogP contribution in [0, 0.1) is 11.8 Å². The van der Waals surface area contributed by atoms with Gasteiger partial charge in [-0.25, -0.2) is 9.97 Å². The van der Waals surface area contributed by atoms with Crippen LogP contribution in [0.2, 0.25) is 0 Å². The van der Waals surface area contributed by atoms with Crippen molar-refractivity contribution in [3.8, 4) is 34.4 Å². The number of aliphatic hydroxyl groups is 1. The fourth-order valence-electron chi connectivity index (χ4n) is 3.90. The Hall–Kier alpha value is -4.29. The van der Waals surface area contributed by atoms with E-state index in [0.717, 1.165) is 11.1 Å².